The van der Waals surface area contributed by atoms with Crippen LogP contribution in [-0.2, 0) is 6.54 Å². The van der Waals surface area contributed by atoms with E-state index in [4.69, 9.17) is 5.73 Å². The van der Waals surface area contributed by atoms with E-state index in [-0.39, 0.29) is 0 Å². The number of allylic oxidation sites excluding steroid dienone is 1. The van der Waals surface area contributed by atoms with Gasteiger partial charge in [-0.2, -0.15) is 0 Å². The molecule has 0 bridgehead atoms. The predicted octanol–water partition coefficient (Wildman–Crippen LogP) is 2.10. The number of pyridine rings is 1. The summed E-state index contributed by atoms with van der Waals surface area (Å²) < 4.78 is 2.04. The molecule has 82 valence electrons. The molecule has 0 aromatic carbocycles. The summed E-state index contributed by atoms with van der Waals surface area (Å²) in [5.41, 5.74) is 8.67. The molecule has 2 N–H and O–H groups in total. The Kier molecular flexibility index (Phi) is 2.72. The first-order valence-corrected chi connectivity index (χ1v) is 5.03. The van der Waals surface area contributed by atoms with Gasteiger partial charge in [-0.05, 0) is 19.1 Å². The molecular weight excluding hydrogens is 200 g/mol. The summed E-state index contributed by atoms with van der Waals surface area (Å²) in [6, 6.07) is 3.72. The first kappa shape index (κ1) is 10.4. The van der Waals surface area contributed by atoms with Crippen LogP contribution in [0.1, 0.15) is 6.92 Å². The van der Waals surface area contributed by atoms with Gasteiger partial charge in [-0.25, -0.2) is 9.97 Å². The van der Waals surface area contributed by atoms with Gasteiger partial charge in [0.05, 0.1) is 18.2 Å². The Labute approximate surface area is 94.5 Å². The van der Waals surface area contributed by atoms with Crippen molar-refractivity contribution < 1.29 is 0 Å². The summed E-state index contributed by atoms with van der Waals surface area (Å²) >= 11 is 0. The van der Waals surface area contributed by atoms with Crippen molar-refractivity contribution in [3.63, 3.8) is 0 Å². The highest BCUT2D eigenvalue weighted by Gasteiger charge is 2.05. The van der Waals surface area contributed by atoms with Gasteiger partial charge in [0.15, 0.2) is 0 Å². The summed E-state index contributed by atoms with van der Waals surface area (Å²) in [4.78, 5) is 8.21. The van der Waals surface area contributed by atoms with E-state index in [0.29, 0.717) is 5.82 Å². The highest BCUT2D eigenvalue weighted by Crippen LogP contribution is 2.19. The third-order valence-corrected chi connectivity index (χ3v) is 2.23. The van der Waals surface area contributed by atoms with E-state index in [9.17, 15) is 0 Å². The van der Waals surface area contributed by atoms with Gasteiger partial charge < -0.3 is 10.3 Å². The number of rotatable bonds is 3. The van der Waals surface area contributed by atoms with Crippen LogP contribution in [-0.4, -0.2) is 14.5 Å². The van der Waals surface area contributed by atoms with Gasteiger partial charge in [0.1, 0.15) is 5.82 Å². The van der Waals surface area contributed by atoms with Crippen LogP contribution in [0, 0.1) is 0 Å². The summed E-state index contributed by atoms with van der Waals surface area (Å²) in [6.45, 7) is 6.65. The van der Waals surface area contributed by atoms with Crippen molar-refractivity contribution in [1.82, 2.24) is 14.5 Å². The van der Waals surface area contributed by atoms with Crippen LogP contribution < -0.4 is 5.73 Å². The smallest absolute Gasteiger partial charge is 0.123 e. The van der Waals surface area contributed by atoms with Crippen LogP contribution in [0.4, 0.5) is 5.82 Å². The summed E-state index contributed by atoms with van der Waals surface area (Å²) in [6.07, 6.45) is 5.36. The zero-order valence-electron chi connectivity index (χ0n) is 9.22. The van der Waals surface area contributed by atoms with Gasteiger partial charge in [-0.15, -0.1) is 0 Å². The fraction of sp³-hybridized carbons (Fsp3) is 0.167. The van der Waals surface area contributed by atoms with Crippen LogP contribution in [0.5, 0.6) is 0 Å². The Morgan fingerprint density at radius 1 is 1.44 bits per heavy atom. The monoisotopic (exact) mass is 214 g/mol. The maximum atomic E-state index is 5.55. The summed E-state index contributed by atoms with van der Waals surface area (Å²) in [5.74, 6) is 0.523. The average Bonchev–Trinajstić information content (AvgIpc) is 2.66. The molecule has 0 amide bonds. The average molecular weight is 214 g/mol. The molecule has 16 heavy (non-hydrogen) atoms. The number of anilines is 1. The topological polar surface area (TPSA) is 56.7 Å². The van der Waals surface area contributed by atoms with Crippen LogP contribution in [0.2, 0.25) is 0 Å². The molecule has 0 radical (unpaired) electrons. The Morgan fingerprint density at radius 2 is 2.25 bits per heavy atom. The normalized spacial score (nSPS) is 10.3. The third kappa shape index (κ3) is 2.11. The van der Waals surface area contributed by atoms with Crippen molar-refractivity contribution in [2.24, 2.45) is 0 Å². The van der Waals surface area contributed by atoms with Crippen molar-refractivity contribution in [2.45, 2.75) is 13.5 Å². The molecule has 0 unspecified atom stereocenters. The number of imidazole rings is 1. The summed E-state index contributed by atoms with van der Waals surface area (Å²) in [5, 5.41) is 0. The van der Waals surface area contributed by atoms with Crippen LogP contribution in [0.15, 0.2) is 43.0 Å². The molecule has 0 aliphatic rings. The Balaban J connectivity index is 2.36. The van der Waals surface area contributed by atoms with Crippen molar-refractivity contribution in [1.29, 1.82) is 0 Å². The van der Waals surface area contributed by atoms with E-state index < -0.39 is 0 Å². The first-order valence-electron chi connectivity index (χ1n) is 5.03. The molecule has 0 fully saturated rings. The van der Waals surface area contributed by atoms with Crippen molar-refractivity contribution in [3.05, 3.63) is 43.0 Å². The third-order valence-electron chi connectivity index (χ3n) is 2.23. The second-order valence-electron chi connectivity index (χ2n) is 3.84. The van der Waals surface area contributed by atoms with Gasteiger partial charge >= 0.3 is 0 Å². The van der Waals surface area contributed by atoms with Crippen LogP contribution in [0.25, 0.3) is 11.3 Å². The number of hydrogen-bond donors (Lipinski definition) is 1. The molecule has 0 saturated heterocycles. The quantitative estimate of drug-likeness (QED) is 0.796. The molecule has 2 heterocycles. The van der Waals surface area contributed by atoms with E-state index in [1.54, 1.807) is 18.6 Å². The molecule has 2 aromatic rings. The maximum Gasteiger partial charge on any atom is 0.123 e. The van der Waals surface area contributed by atoms with Gasteiger partial charge in [0, 0.05) is 18.3 Å². The van der Waals surface area contributed by atoms with E-state index in [1.165, 1.54) is 0 Å². The Bertz CT molecular complexity index is 496. The fourth-order valence-electron chi connectivity index (χ4n) is 1.53. The van der Waals surface area contributed by atoms with E-state index in [2.05, 4.69) is 16.5 Å². The minimum Gasteiger partial charge on any atom is -0.384 e. The van der Waals surface area contributed by atoms with Gasteiger partial charge in [0.25, 0.3) is 0 Å². The lowest BCUT2D eigenvalue weighted by molar-refractivity contribution is 0.792. The standard InChI is InChI=1S/C12H14N4/c1-9(2)7-16-8-14-6-11(16)10-3-4-12(13)15-5-10/h3-6,8H,1,7H2,2H3,(H2,13,15). The van der Waals surface area contributed by atoms with Crippen LogP contribution in [0.3, 0.4) is 0 Å². The van der Waals surface area contributed by atoms with Crippen molar-refractivity contribution in [3.8, 4) is 11.3 Å². The molecular formula is C12H14N4. The lowest BCUT2D eigenvalue weighted by Gasteiger charge is -2.07. The molecule has 2 rings (SSSR count). The molecule has 4 heteroatoms. The van der Waals surface area contributed by atoms with Gasteiger partial charge in [0.2, 0.25) is 0 Å². The minimum atomic E-state index is 0.523. The zero-order chi connectivity index (χ0) is 11.5. The van der Waals surface area contributed by atoms with Crippen molar-refractivity contribution in [2.75, 3.05) is 5.73 Å². The lowest BCUT2D eigenvalue weighted by atomic mass is 10.2. The Morgan fingerprint density at radius 3 is 2.88 bits per heavy atom. The maximum absolute atomic E-state index is 5.55. The molecule has 0 spiro atoms. The number of aromatic nitrogens is 3. The second kappa shape index (κ2) is 4.18. The van der Waals surface area contributed by atoms with E-state index >= 15 is 0 Å². The van der Waals surface area contributed by atoms with Crippen molar-refractivity contribution >= 4 is 5.82 Å². The minimum absolute atomic E-state index is 0.523. The number of nitrogen functional groups attached to an aromatic ring is 1. The molecule has 0 aliphatic heterocycles. The SMILES string of the molecule is C=C(C)Cn1cncc1-c1ccc(N)nc1. The zero-order valence-corrected chi connectivity index (χ0v) is 9.22. The van der Waals surface area contributed by atoms with Gasteiger partial charge in [-0.3, -0.25) is 0 Å². The number of hydrogen-bond acceptors (Lipinski definition) is 3. The number of nitrogens with two attached hydrogens (primary N) is 1. The number of nitrogens with zero attached hydrogens (tertiary/aromatic N) is 3. The molecule has 0 saturated carbocycles. The second-order valence-corrected chi connectivity index (χ2v) is 3.84. The molecule has 4 nitrogen and oxygen atoms in total. The van der Waals surface area contributed by atoms with Crippen LogP contribution >= 0.6 is 0 Å². The largest absolute Gasteiger partial charge is 0.384 e. The highest BCUT2D eigenvalue weighted by atomic mass is 15.0. The molecule has 0 aliphatic carbocycles. The molecule has 2 aromatic heterocycles. The van der Waals surface area contributed by atoms with E-state index in [1.807, 2.05) is 23.8 Å². The van der Waals surface area contributed by atoms with Gasteiger partial charge in [-0.1, -0.05) is 12.2 Å². The fourth-order valence-corrected chi connectivity index (χ4v) is 1.53. The Hall–Kier alpha value is -2.10. The highest BCUT2D eigenvalue weighted by molar-refractivity contribution is 5.59. The molecule has 0 atom stereocenters. The predicted molar refractivity (Wildman–Crippen MR) is 64.7 cm³/mol. The first-order chi connectivity index (χ1) is 7.66. The lowest BCUT2D eigenvalue weighted by Crippen LogP contribution is -1.99. The van der Waals surface area contributed by atoms with E-state index in [0.717, 1.165) is 23.4 Å². The summed E-state index contributed by atoms with van der Waals surface area (Å²) in [7, 11) is 0.